The normalized spacial score (nSPS) is 10.7. The molecule has 2 rings (SSSR count). The Balaban J connectivity index is 2.35. The van der Waals surface area contributed by atoms with Gasteiger partial charge in [0.2, 0.25) is 0 Å². The minimum atomic E-state index is -0.333. The maximum absolute atomic E-state index is 11.5. The minimum Gasteiger partial charge on any atom is -0.465 e. The topological polar surface area (TPSA) is 55.0 Å². The second-order valence-corrected chi connectivity index (χ2v) is 4.41. The molecule has 0 amide bonds. The number of hydrogen-bond acceptors (Lipinski definition) is 3. The summed E-state index contributed by atoms with van der Waals surface area (Å²) in [5.41, 5.74) is 2.37. The van der Waals surface area contributed by atoms with Crippen LogP contribution < -0.4 is 0 Å². The van der Waals surface area contributed by atoms with E-state index in [1.807, 2.05) is 12.1 Å². The van der Waals surface area contributed by atoms with Crippen LogP contribution in [0.5, 0.6) is 0 Å². The molecule has 0 unspecified atom stereocenters. The first kappa shape index (κ1) is 12.4. The Kier molecular flexibility index (Phi) is 3.46. The van der Waals surface area contributed by atoms with E-state index in [-0.39, 0.29) is 5.97 Å². The van der Waals surface area contributed by atoms with Crippen LogP contribution in [-0.4, -0.2) is 23.0 Å². The third-order valence-electron chi connectivity index (χ3n) is 2.74. The summed E-state index contributed by atoms with van der Waals surface area (Å²) in [6, 6.07) is 7.29. The first-order valence-electron chi connectivity index (χ1n) is 5.85. The van der Waals surface area contributed by atoms with Crippen molar-refractivity contribution < 1.29 is 9.53 Å². The fourth-order valence-electron chi connectivity index (χ4n) is 1.71. The predicted molar refractivity (Wildman–Crippen MR) is 69.5 cm³/mol. The predicted octanol–water partition coefficient (Wildman–Crippen LogP) is 2.99. The summed E-state index contributed by atoms with van der Waals surface area (Å²) in [5, 5.41) is 0. The van der Waals surface area contributed by atoms with E-state index in [2.05, 4.69) is 23.8 Å². The van der Waals surface area contributed by atoms with E-state index in [1.165, 1.54) is 7.11 Å². The zero-order chi connectivity index (χ0) is 13.1. The third kappa shape index (κ3) is 2.42. The summed E-state index contributed by atoms with van der Waals surface area (Å²) < 4.78 is 4.71. The summed E-state index contributed by atoms with van der Waals surface area (Å²) >= 11 is 0. The maximum atomic E-state index is 11.5. The molecule has 1 aromatic heterocycles. The van der Waals surface area contributed by atoms with Gasteiger partial charge >= 0.3 is 5.97 Å². The molecule has 0 fully saturated rings. The first-order chi connectivity index (χ1) is 8.61. The highest BCUT2D eigenvalue weighted by Crippen LogP contribution is 2.21. The quantitative estimate of drug-likeness (QED) is 0.844. The highest BCUT2D eigenvalue weighted by Gasteiger charge is 2.09. The largest absolute Gasteiger partial charge is 0.465 e. The molecule has 0 bridgehead atoms. The summed E-state index contributed by atoms with van der Waals surface area (Å²) in [6.45, 7) is 4.15. The van der Waals surface area contributed by atoms with E-state index in [1.54, 1.807) is 18.3 Å². The number of aromatic amines is 1. The van der Waals surface area contributed by atoms with Gasteiger partial charge in [-0.2, -0.15) is 0 Å². The van der Waals surface area contributed by atoms with Gasteiger partial charge in [-0.05, 0) is 12.1 Å². The first-order valence-corrected chi connectivity index (χ1v) is 5.85. The molecule has 0 saturated carbocycles. The molecule has 4 nitrogen and oxygen atoms in total. The lowest BCUT2D eigenvalue weighted by Crippen LogP contribution is -2.00. The molecule has 0 aliphatic carbocycles. The van der Waals surface area contributed by atoms with Gasteiger partial charge in [0.25, 0.3) is 0 Å². The van der Waals surface area contributed by atoms with Crippen LogP contribution in [0.1, 0.15) is 35.9 Å². The minimum absolute atomic E-state index is 0.333. The standard InChI is InChI=1S/C14H16N2O2/c1-9(2)13-15-8-12(16-13)10-5-4-6-11(7-10)14(17)18-3/h4-9H,1-3H3,(H,15,16). The smallest absolute Gasteiger partial charge is 0.337 e. The van der Waals surface area contributed by atoms with Gasteiger partial charge in [0.05, 0.1) is 24.6 Å². The van der Waals surface area contributed by atoms with Crippen molar-refractivity contribution in [2.24, 2.45) is 0 Å². The molecular weight excluding hydrogens is 228 g/mol. The maximum Gasteiger partial charge on any atom is 0.337 e. The number of H-pyrrole nitrogens is 1. The monoisotopic (exact) mass is 244 g/mol. The fourth-order valence-corrected chi connectivity index (χ4v) is 1.71. The molecule has 2 aromatic rings. The Morgan fingerprint density at radius 1 is 1.39 bits per heavy atom. The van der Waals surface area contributed by atoms with Crippen molar-refractivity contribution in [1.29, 1.82) is 0 Å². The number of hydrogen-bond donors (Lipinski definition) is 1. The number of nitrogens with zero attached hydrogens (tertiary/aromatic N) is 1. The van der Waals surface area contributed by atoms with E-state index < -0.39 is 0 Å². The van der Waals surface area contributed by atoms with Crippen LogP contribution in [0.3, 0.4) is 0 Å². The highest BCUT2D eigenvalue weighted by molar-refractivity contribution is 5.90. The second-order valence-electron chi connectivity index (χ2n) is 4.41. The zero-order valence-electron chi connectivity index (χ0n) is 10.7. The molecule has 0 saturated heterocycles. The molecule has 0 aliphatic rings. The molecule has 1 aromatic carbocycles. The van der Waals surface area contributed by atoms with Crippen LogP contribution in [0.25, 0.3) is 11.3 Å². The van der Waals surface area contributed by atoms with Crippen LogP contribution in [-0.2, 0) is 4.74 Å². The second kappa shape index (κ2) is 5.04. The summed E-state index contributed by atoms with van der Waals surface area (Å²) in [7, 11) is 1.38. The number of carbonyl (C=O) groups excluding carboxylic acids is 1. The van der Waals surface area contributed by atoms with Gasteiger partial charge in [-0.3, -0.25) is 0 Å². The number of esters is 1. The van der Waals surface area contributed by atoms with E-state index in [9.17, 15) is 4.79 Å². The Bertz CT molecular complexity index is 558. The summed E-state index contributed by atoms with van der Waals surface area (Å²) in [5.74, 6) is 0.955. The SMILES string of the molecule is COC(=O)c1cccc(-c2cnc(C(C)C)[nH]2)c1. The Morgan fingerprint density at radius 3 is 2.78 bits per heavy atom. The van der Waals surface area contributed by atoms with Gasteiger partial charge in [0.1, 0.15) is 5.82 Å². The average Bonchev–Trinajstić information content (AvgIpc) is 2.88. The van der Waals surface area contributed by atoms with Gasteiger partial charge in [-0.15, -0.1) is 0 Å². The Hall–Kier alpha value is -2.10. The number of carbonyl (C=O) groups is 1. The van der Waals surface area contributed by atoms with E-state index in [0.29, 0.717) is 11.5 Å². The van der Waals surface area contributed by atoms with Crippen molar-refractivity contribution in [3.8, 4) is 11.3 Å². The average molecular weight is 244 g/mol. The van der Waals surface area contributed by atoms with Crippen molar-refractivity contribution >= 4 is 5.97 Å². The number of aromatic nitrogens is 2. The molecule has 1 N–H and O–H groups in total. The van der Waals surface area contributed by atoms with E-state index in [0.717, 1.165) is 17.1 Å². The molecule has 0 atom stereocenters. The summed E-state index contributed by atoms with van der Waals surface area (Å²) in [6.07, 6.45) is 1.78. The number of benzene rings is 1. The molecule has 94 valence electrons. The molecule has 4 heteroatoms. The van der Waals surface area contributed by atoms with Crippen molar-refractivity contribution in [3.63, 3.8) is 0 Å². The molecular formula is C14H16N2O2. The van der Waals surface area contributed by atoms with Crippen molar-refractivity contribution in [3.05, 3.63) is 41.9 Å². The van der Waals surface area contributed by atoms with Crippen LogP contribution in [0.4, 0.5) is 0 Å². The number of ether oxygens (including phenoxy) is 1. The number of nitrogens with one attached hydrogen (secondary N) is 1. The van der Waals surface area contributed by atoms with Gasteiger partial charge in [-0.25, -0.2) is 9.78 Å². The molecule has 18 heavy (non-hydrogen) atoms. The van der Waals surface area contributed by atoms with Crippen molar-refractivity contribution in [1.82, 2.24) is 9.97 Å². The Morgan fingerprint density at radius 2 is 2.17 bits per heavy atom. The number of imidazole rings is 1. The van der Waals surface area contributed by atoms with Gasteiger partial charge < -0.3 is 9.72 Å². The molecule has 1 heterocycles. The lowest BCUT2D eigenvalue weighted by molar-refractivity contribution is 0.0601. The van der Waals surface area contributed by atoms with Crippen molar-refractivity contribution in [2.45, 2.75) is 19.8 Å². The van der Waals surface area contributed by atoms with Crippen LogP contribution in [0, 0.1) is 0 Å². The highest BCUT2D eigenvalue weighted by atomic mass is 16.5. The number of rotatable bonds is 3. The van der Waals surface area contributed by atoms with E-state index >= 15 is 0 Å². The fraction of sp³-hybridized carbons (Fsp3) is 0.286. The Labute approximate surface area is 106 Å². The molecule has 0 spiro atoms. The summed E-state index contributed by atoms with van der Waals surface area (Å²) in [4.78, 5) is 19.0. The van der Waals surface area contributed by atoms with Gasteiger partial charge in [-0.1, -0.05) is 26.0 Å². The lowest BCUT2D eigenvalue weighted by Gasteiger charge is -2.02. The number of methoxy groups -OCH3 is 1. The van der Waals surface area contributed by atoms with Crippen molar-refractivity contribution in [2.75, 3.05) is 7.11 Å². The zero-order valence-corrected chi connectivity index (χ0v) is 10.7. The van der Waals surface area contributed by atoms with Crippen LogP contribution in [0.2, 0.25) is 0 Å². The van der Waals surface area contributed by atoms with E-state index in [4.69, 9.17) is 4.74 Å². The lowest BCUT2D eigenvalue weighted by atomic mass is 10.1. The van der Waals surface area contributed by atoms with Crippen LogP contribution in [0.15, 0.2) is 30.5 Å². The van der Waals surface area contributed by atoms with Gasteiger partial charge in [0.15, 0.2) is 0 Å². The molecule has 0 radical (unpaired) electrons. The van der Waals surface area contributed by atoms with Crippen LogP contribution >= 0.6 is 0 Å². The van der Waals surface area contributed by atoms with Gasteiger partial charge in [0, 0.05) is 11.5 Å². The third-order valence-corrected chi connectivity index (χ3v) is 2.74. The molecule has 0 aliphatic heterocycles.